The molecule has 8 saturated carbocycles. The van der Waals surface area contributed by atoms with Crippen LogP contribution in [0, 0.1) is 42.4 Å². The van der Waals surface area contributed by atoms with E-state index in [1.54, 1.807) is 16.7 Å². The van der Waals surface area contributed by atoms with Crippen LogP contribution in [0.1, 0.15) is 93.7 Å². The van der Waals surface area contributed by atoms with Crippen LogP contribution >= 0.6 is 0 Å². The first-order valence-electron chi connectivity index (χ1n) is 14.0. The number of benzene rings is 1. The summed E-state index contributed by atoms with van der Waals surface area (Å²) >= 11 is 0. The Kier molecular flexibility index (Phi) is 3.95. The molecule has 10 rings (SSSR count). The van der Waals surface area contributed by atoms with Crippen LogP contribution in [0.15, 0.2) is 12.1 Å². The van der Waals surface area contributed by atoms with Crippen molar-refractivity contribution >= 4 is 0 Å². The van der Waals surface area contributed by atoms with Crippen LogP contribution in [0.2, 0.25) is 0 Å². The molecule has 2 heteroatoms. The van der Waals surface area contributed by atoms with Gasteiger partial charge in [-0.2, -0.15) is 0 Å². The van der Waals surface area contributed by atoms with Crippen LogP contribution in [0.3, 0.4) is 0 Å². The highest BCUT2D eigenvalue weighted by Gasteiger charge is 2.55. The van der Waals surface area contributed by atoms with Crippen molar-refractivity contribution in [2.24, 2.45) is 35.5 Å². The normalized spacial score (nSPS) is 49.6. The lowest BCUT2D eigenvalue weighted by Crippen LogP contribution is -2.49. The van der Waals surface area contributed by atoms with E-state index in [0.717, 1.165) is 48.7 Å². The van der Waals surface area contributed by atoms with Gasteiger partial charge >= 0.3 is 0 Å². The van der Waals surface area contributed by atoms with E-state index >= 15 is 0 Å². The highest BCUT2D eigenvalue weighted by atomic mass is 16.6. The van der Waals surface area contributed by atoms with Gasteiger partial charge in [0.25, 0.3) is 0 Å². The summed E-state index contributed by atoms with van der Waals surface area (Å²) in [4.78, 5) is 0. The highest BCUT2D eigenvalue weighted by molar-refractivity contribution is 5.51. The molecular formula is C30H40O2. The molecule has 8 aliphatic carbocycles. The predicted molar refractivity (Wildman–Crippen MR) is 126 cm³/mol. The molecule has 2 nitrogen and oxygen atoms in total. The first-order valence-corrected chi connectivity index (χ1v) is 14.0. The summed E-state index contributed by atoms with van der Waals surface area (Å²) < 4.78 is 12.3. The summed E-state index contributed by atoms with van der Waals surface area (Å²) in [5.41, 5.74) is 5.69. The molecule has 0 N–H and O–H groups in total. The minimum absolute atomic E-state index is 0.336. The third-order valence-electron chi connectivity index (χ3n) is 11.3. The lowest BCUT2D eigenvalue weighted by molar-refractivity contribution is -0.00829. The van der Waals surface area contributed by atoms with E-state index in [1.165, 1.54) is 82.8 Å². The molecule has 0 aromatic heterocycles. The SMILES string of the molecule is Cc1cc(C23CC4CC(CC(C4)C2)C3)cc(OCC2CO2)c1C12CC3CC(CC(C3)C1)C2. The van der Waals surface area contributed by atoms with E-state index in [2.05, 4.69) is 19.1 Å². The molecule has 9 aliphatic rings. The zero-order chi connectivity index (χ0) is 21.1. The molecule has 1 aromatic rings. The van der Waals surface area contributed by atoms with Crippen molar-refractivity contribution in [2.45, 2.75) is 101 Å². The predicted octanol–water partition coefficient (Wildman–Crippen LogP) is 6.71. The fraction of sp³-hybridized carbons (Fsp3) is 0.800. The molecular weight excluding hydrogens is 392 g/mol. The van der Waals surface area contributed by atoms with Gasteiger partial charge in [-0.1, -0.05) is 6.07 Å². The Morgan fingerprint density at radius 3 is 1.69 bits per heavy atom. The van der Waals surface area contributed by atoms with Crippen molar-refractivity contribution in [1.29, 1.82) is 0 Å². The maximum absolute atomic E-state index is 6.71. The number of epoxide rings is 1. The second kappa shape index (κ2) is 6.55. The second-order valence-electron chi connectivity index (χ2n) is 13.8. The summed E-state index contributed by atoms with van der Waals surface area (Å²) in [5, 5.41) is 0. The lowest BCUT2D eigenvalue weighted by atomic mass is 9.46. The first-order chi connectivity index (χ1) is 15.6. The molecule has 1 aromatic carbocycles. The molecule has 8 bridgehead atoms. The maximum Gasteiger partial charge on any atom is 0.123 e. The van der Waals surface area contributed by atoms with Gasteiger partial charge in [0.15, 0.2) is 0 Å². The van der Waals surface area contributed by atoms with Crippen molar-refractivity contribution in [3.8, 4) is 5.75 Å². The Labute approximate surface area is 193 Å². The van der Waals surface area contributed by atoms with Gasteiger partial charge in [-0.15, -0.1) is 0 Å². The lowest BCUT2D eigenvalue weighted by Gasteiger charge is -2.58. The van der Waals surface area contributed by atoms with E-state index in [-0.39, 0.29) is 0 Å². The van der Waals surface area contributed by atoms with Crippen molar-refractivity contribution in [2.75, 3.05) is 13.2 Å². The fourth-order valence-corrected chi connectivity index (χ4v) is 11.1. The van der Waals surface area contributed by atoms with Crippen molar-refractivity contribution in [1.82, 2.24) is 0 Å². The monoisotopic (exact) mass is 432 g/mol. The third-order valence-corrected chi connectivity index (χ3v) is 11.3. The van der Waals surface area contributed by atoms with Crippen LogP contribution in [-0.4, -0.2) is 19.3 Å². The van der Waals surface area contributed by atoms with Crippen LogP contribution in [0.25, 0.3) is 0 Å². The van der Waals surface area contributed by atoms with Crippen LogP contribution < -0.4 is 4.74 Å². The number of hydrogen-bond acceptors (Lipinski definition) is 2. The number of hydrogen-bond donors (Lipinski definition) is 0. The summed E-state index contributed by atoms with van der Waals surface area (Å²) in [6, 6.07) is 5.25. The average Bonchev–Trinajstić information content (AvgIpc) is 3.54. The maximum atomic E-state index is 6.71. The molecule has 1 unspecified atom stereocenters. The van der Waals surface area contributed by atoms with E-state index in [0.29, 0.717) is 16.9 Å². The summed E-state index contributed by atoms with van der Waals surface area (Å²) in [5.74, 6) is 7.18. The third kappa shape index (κ3) is 2.87. The Morgan fingerprint density at radius 1 is 0.750 bits per heavy atom. The standard InChI is InChI=1S/C30H40O2/c1-18-2-25(29-10-19-3-20(11-29)5-21(4-19)12-29)9-27(32-17-26-16-31-26)28(18)30-13-22-6-23(14-30)8-24(7-22)15-30/h2,9,19-24,26H,3-8,10-17H2,1H3. The van der Waals surface area contributed by atoms with Crippen molar-refractivity contribution in [3.63, 3.8) is 0 Å². The Hall–Kier alpha value is -1.02. The van der Waals surface area contributed by atoms with Crippen molar-refractivity contribution in [3.05, 3.63) is 28.8 Å². The van der Waals surface area contributed by atoms with Crippen LogP contribution in [0.5, 0.6) is 5.75 Å². The van der Waals surface area contributed by atoms with Gasteiger partial charge in [-0.25, -0.2) is 0 Å². The van der Waals surface area contributed by atoms with E-state index in [1.807, 2.05) is 0 Å². The molecule has 0 amide bonds. The van der Waals surface area contributed by atoms with E-state index in [9.17, 15) is 0 Å². The molecule has 0 radical (unpaired) electrons. The largest absolute Gasteiger partial charge is 0.490 e. The number of rotatable bonds is 5. The molecule has 0 spiro atoms. The first kappa shape index (κ1) is 19.3. The minimum atomic E-state index is 0.336. The zero-order valence-electron chi connectivity index (χ0n) is 19.9. The fourth-order valence-electron chi connectivity index (χ4n) is 11.1. The summed E-state index contributed by atoms with van der Waals surface area (Å²) in [6.07, 6.45) is 18.0. The molecule has 172 valence electrons. The van der Waals surface area contributed by atoms with E-state index in [4.69, 9.17) is 9.47 Å². The van der Waals surface area contributed by atoms with Gasteiger partial charge in [-0.05, 0) is 142 Å². The minimum Gasteiger partial charge on any atom is -0.490 e. The second-order valence-corrected chi connectivity index (χ2v) is 13.8. The van der Waals surface area contributed by atoms with Gasteiger partial charge < -0.3 is 9.47 Å². The van der Waals surface area contributed by atoms with Gasteiger partial charge in [0.05, 0.1) is 6.61 Å². The van der Waals surface area contributed by atoms with Crippen LogP contribution in [0.4, 0.5) is 0 Å². The molecule has 1 saturated heterocycles. The van der Waals surface area contributed by atoms with Crippen molar-refractivity contribution < 1.29 is 9.47 Å². The number of aryl methyl sites for hydroxylation is 1. The Morgan fingerprint density at radius 2 is 1.22 bits per heavy atom. The summed E-state index contributed by atoms with van der Waals surface area (Å²) in [6.45, 7) is 4.09. The smallest absolute Gasteiger partial charge is 0.123 e. The molecule has 1 heterocycles. The average molecular weight is 433 g/mol. The highest BCUT2D eigenvalue weighted by Crippen LogP contribution is 2.64. The topological polar surface area (TPSA) is 21.8 Å². The van der Waals surface area contributed by atoms with Gasteiger partial charge in [0.1, 0.15) is 18.5 Å². The molecule has 1 atom stereocenters. The molecule has 9 fully saturated rings. The molecule has 32 heavy (non-hydrogen) atoms. The zero-order valence-corrected chi connectivity index (χ0v) is 19.9. The van der Waals surface area contributed by atoms with Gasteiger partial charge in [0.2, 0.25) is 0 Å². The Balaban J connectivity index is 1.22. The van der Waals surface area contributed by atoms with Gasteiger partial charge in [-0.3, -0.25) is 0 Å². The quantitative estimate of drug-likeness (QED) is 0.482. The summed E-state index contributed by atoms with van der Waals surface area (Å²) in [7, 11) is 0. The van der Waals surface area contributed by atoms with E-state index < -0.39 is 0 Å². The Bertz CT molecular complexity index is 870. The number of ether oxygens (including phenoxy) is 2. The molecule has 1 aliphatic heterocycles. The van der Waals surface area contributed by atoms with Crippen LogP contribution in [-0.2, 0) is 15.6 Å². The van der Waals surface area contributed by atoms with Gasteiger partial charge in [0, 0.05) is 11.0 Å².